The number of piperidine rings is 1. The first-order valence-electron chi connectivity index (χ1n) is 9.74. The molecule has 1 saturated heterocycles. The van der Waals surface area contributed by atoms with Gasteiger partial charge in [0, 0.05) is 25.7 Å². The molecule has 1 aromatic carbocycles. The topological polar surface area (TPSA) is 95.5 Å². The standard InChI is InChI=1S/C20H29N5O3/c1-14(21)18-6-4-5-11-24(18)20(26)19-15(2)22-25(23-19)16-7-9-17(10-8-16)28-13-12-27-3/h7-10,14,18H,4-6,11-13,21H2,1-3H3/t14-,18+/m1/s1. The molecule has 2 atom stereocenters. The molecule has 8 nitrogen and oxygen atoms in total. The van der Waals surface area contributed by atoms with E-state index in [1.54, 1.807) is 7.11 Å². The molecule has 2 heterocycles. The molecule has 1 aliphatic rings. The first-order valence-corrected chi connectivity index (χ1v) is 9.74. The second kappa shape index (κ2) is 9.16. The van der Waals surface area contributed by atoms with Crippen molar-refractivity contribution in [3.63, 3.8) is 0 Å². The maximum Gasteiger partial charge on any atom is 0.276 e. The molecule has 1 amide bonds. The maximum absolute atomic E-state index is 13.1. The van der Waals surface area contributed by atoms with Gasteiger partial charge in [0.05, 0.1) is 18.0 Å². The van der Waals surface area contributed by atoms with E-state index in [1.165, 1.54) is 4.80 Å². The van der Waals surface area contributed by atoms with Gasteiger partial charge in [-0.05, 0) is 57.4 Å². The molecule has 152 valence electrons. The summed E-state index contributed by atoms with van der Waals surface area (Å²) in [6.07, 6.45) is 3.02. The zero-order chi connectivity index (χ0) is 20.1. The van der Waals surface area contributed by atoms with Crippen LogP contribution in [0.5, 0.6) is 5.75 Å². The lowest BCUT2D eigenvalue weighted by Gasteiger charge is -2.37. The largest absolute Gasteiger partial charge is 0.491 e. The van der Waals surface area contributed by atoms with Crippen molar-refractivity contribution in [2.24, 2.45) is 5.73 Å². The molecule has 0 bridgehead atoms. The summed E-state index contributed by atoms with van der Waals surface area (Å²) in [4.78, 5) is 16.5. The summed E-state index contributed by atoms with van der Waals surface area (Å²) < 4.78 is 10.5. The first-order chi connectivity index (χ1) is 13.5. The number of aromatic nitrogens is 3. The smallest absolute Gasteiger partial charge is 0.276 e. The van der Waals surface area contributed by atoms with Gasteiger partial charge >= 0.3 is 0 Å². The van der Waals surface area contributed by atoms with Crippen LogP contribution in [0.15, 0.2) is 24.3 Å². The number of amides is 1. The van der Waals surface area contributed by atoms with Crippen LogP contribution in [0.2, 0.25) is 0 Å². The zero-order valence-corrected chi connectivity index (χ0v) is 16.8. The number of likely N-dealkylation sites (tertiary alicyclic amines) is 1. The number of nitrogens with two attached hydrogens (primary N) is 1. The summed E-state index contributed by atoms with van der Waals surface area (Å²) in [5, 5.41) is 8.90. The highest BCUT2D eigenvalue weighted by atomic mass is 16.5. The van der Waals surface area contributed by atoms with Gasteiger partial charge in [0.25, 0.3) is 5.91 Å². The van der Waals surface area contributed by atoms with Crippen molar-refractivity contribution in [3.05, 3.63) is 35.7 Å². The van der Waals surface area contributed by atoms with E-state index in [2.05, 4.69) is 10.2 Å². The van der Waals surface area contributed by atoms with Crippen LogP contribution in [0.1, 0.15) is 42.4 Å². The predicted molar refractivity (Wildman–Crippen MR) is 106 cm³/mol. The Morgan fingerprint density at radius 2 is 2.00 bits per heavy atom. The van der Waals surface area contributed by atoms with E-state index < -0.39 is 0 Å². The van der Waals surface area contributed by atoms with Gasteiger partial charge in [-0.3, -0.25) is 4.79 Å². The highest BCUT2D eigenvalue weighted by Gasteiger charge is 2.32. The summed E-state index contributed by atoms with van der Waals surface area (Å²) in [7, 11) is 1.64. The van der Waals surface area contributed by atoms with Gasteiger partial charge in [0.15, 0.2) is 5.69 Å². The lowest BCUT2D eigenvalue weighted by molar-refractivity contribution is 0.0576. The number of ether oxygens (including phenoxy) is 2. The number of hydrogen-bond donors (Lipinski definition) is 1. The van der Waals surface area contributed by atoms with Crippen LogP contribution in [0.3, 0.4) is 0 Å². The van der Waals surface area contributed by atoms with Crippen LogP contribution in [-0.4, -0.2) is 64.8 Å². The number of nitrogens with zero attached hydrogens (tertiary/aromatic N) is 4. The molecule has 2 aromatic rings. The molecular formula is C20H29N5O3. The highest BCUT2D eigenvalue weighted by Crippen LogP contribution is 2.22. The number of rotatable bonds is 7. The van der Waals surface area contributed by atoms with Gasteiger partial charge in [-0.25, -0.2) is 0 Å². The van der Waals surface area contributed by atoms with Crippen LogP contribution in [0.4, 0.5) is 0 Å². The lowest BCUT2D eigenvalue weighted by Crippen LogP contribution is -2.51. The number of benzene rings is 1. The average Bonchev–Trinajstić information content (AvgIpc) is 3.09. The van der Waals surface area contributed by atoms with E-state index >= 15 is 0 Å². The van der Waals surface area contributed by atoms with Gasteiger partial charge in [-0.15, -0.1) is 5.10 Å². The van der Waals surface area contributed by atoms with Crippen LogP contribution < -0.4 is 10.5 Å². The Morgan fingerprint density at radius 1 is 1.25 bits per heavy atom. The molecule has 1 aliphatic heterocycles. The molecule has 1 fully saturated rings. The van der Waals surface area contributed by atoms with Crippen molar-refractivity contribution in [1.82, 2.24) is 19.9 Å². The predicted octanol–water partition coefficient (Wildman–Crippen LogP) is 1.94. The van der Waals surface area contributed by atoms with Crippen molar-refractivity contribution in [2.45, 2.75) is 45.2 Å². The van der Waals surface area contributed by atoms with Crippen molar-refractivity contribution in [2.75, 3.05) is 26.9 Å². The fourth-order valence-electron chi connectivity index (χ4n) is 3.50. The first kappa shape index (κ1) is 20.3. The number of carbonyl (C=O) groups is 1. The minimum atomic E-state index is -0.0923. The number of aryl methyl sites for hydroxylation is 1. The summed E-state index contributed by atoms with van der Waals surface area (Å²) in [5.74, 6) is 0.652. The van der Waals surface area contributed by atoms with E-state index in [0.717, 1.165) is 30.7 Å². The van der Waals surface area contributed by atoms with Crippen LogP contribution in [-0.2, 0) is 4.74 Å². The molecule has 3 rings (SSSR count). The third-order valence-electron chi connectivity index (χ3n) is 5.03. The van der Waals surface area contributed by atoms with Crippen LogP contribution in [0.25, 0.3) is 5.69 Å². The molecule has 2 N–H and O–H groups in total. The molecular weight excluding hydrogens is 358 g/mol. The minimum Gasteiger partial charge on any atom is -0.491 e. The zero-order valence-electron chi connectivity index (χ0n) is 16.8. The Labute approximate surface area is 165 Å². The minimum absolute atomic E-state index is 0.0503. The van der Waals surface area contributed by atoms with E-state index in [9.17, 15) is 4.79 Å². The summed E-state index contributed by atoms with van der Waals surface area (Å²) in [6, 6.07) is 7.41. The van der Waals surface area contributed by atoms with Crippen molar-refractivity contribution in [3.8, 4) is 11.4 Å². The fraction of sp³-hybridized carbons (Fsp3) is 0.550. The Bertz CT molecular complexity index is 788. The maximum atomic E-state index is 13.1. The quantitative estimate of drug-likeness (QED) is 0.730. The van der Waals surface area contributed by atoms with Gasteiger partial charge in [0.1, 0.15) is 12.4 Å². The normalized spacial score (nSPS) is 18.1. The Kier molecular flexibility index (Phi) is 6.64. The highest BCUT2D eigenvalue weighted by molar-refractivity contribution is 5.93. The van der Waals surface area contributed by atoms with E-state index in [4.69, 9.17) is 15.2 Å². The summed E-state index contributed by atoms with van der Waals surface area (Å²) in [5.41, 5.74) is 7.87. The molecule has 28 heavy (non-hydrogen) atoms. The van der Waals surface area contributed by atoms with E-state index in [-0.39, 0.29) is 18.0 Å². The molecule has 0 saturated carbocycles. The molecule has 0 radical (unpaired) electrons. The van der Waals surface area contributed by atoms with Crippen molar-refractivity contribution < 1.29 is 14.3 Å². The van der Waals surface area contributed by atoms with E-state index in [0.29, 0.717) is 31.1 Å². The average molecular weight is 387 g/mol. The second-order valence-electron chi connectivity index (χ2n) is 7.18. The van der Waals surface area contributed by atoms with Crippen molar-refractivity contribution in [1.29, 1.82) is 0 Å². The van der Waals surface area contributed by atoms with Crippen molar-refractivity contribution >= 4 is 5.91 Å². The van der Waals surface area contributed by atoms with Gasteiger partial charge in [-0.2, -0.15) is 9.90 Å². The van der Waals surface area contributed by atoms with Crippen LogP contribution >= 0.6 is 0 Å². The SMILES string of the molecule is COCCOc1ccc(-n2nc(C)c(C(=O)N3CCCC[C@H]3[C@@H](C)N)n2)cc1. The molecule has 8 heteroatoms. The van der Waals surface area contributed by atoms with Gasteiger partial charge in [0.2, 0.25) is 0 Å². The molecule has 0 spiro atoms. The summed E-state index contributed by atoms with van der Waals surface area (Å²) in [6.45, 7) is 5.50. The third-order valence-corrected chi connectivity index (χ3v) is 5.03. The molecule has 0 aliphatic carbocycles. The van der Waals surface area contributed by atoms with E-state index in [1.807, 2.05) is 43.0 Å². The monoisotopic (exact) mass is 387 g/mol. The summed E-state index contributed by atoms with van der Waals surface area (Å²) >= 11 is 0. The second-order valence-corrected chi connectivity index (χ2v) is 7.18. The van der Waals surface area contributed by atoms with Crippen LogP contribution in [0, 0.1) is 6.92 Å². The van der Waals surface area contributed by atoms with Gasteiger partial charge < -0.3 is 20.1 Å². The number of carbonyl (C=O) groups excluding carboxylic acids is 1. The van der Waals surface area contributed by atoms with Gasteiger partial charge in [-0.1, -0.05) is 0 Å². The number of hydrogen-bond acceptors (Lipinski definition) is 6. The third kappa shape index (κ3) is 4.51. The molecule has 0 unspecified atom stereocenters. The Hall–Kier alpha value is -2.45. The Morgan fingerprint density at radius 3 is 2.68 bits per heavy atom. The number of methoxy groups -OCH3 is 1. The molecule has 1 aromatic heterocycles. The fourth-order valence-corrected chi connectivity index (χ4v) is 3.50. The Balaban J connectivity index is 1.76. The lowest BCUT2D eigenvalue weighted by atomic mass is 9.96.